The van der Waals surface area contributed by atoms with Crippen LogP contribution in [0.3, 0.4) is 0 Å². The monoisotopic (exact) mass is 302 g/mol. The van der Waals surface area contributed by atoms with Crippen LogP contribution in [0, 0.1) is 18.6 Å². The summed E-state index contributed by atoms with van der Waals surface area (Å²) in [5.74, 6) is -1.84. The minimum Gasteiger partial charge on any atom is -0.313 e. The molecule has 1 heterocycles. The Kier molecular flexibility index (Phi) is 4.52. The molecule has 1 aromatic rings. The molecule has 1 aliphatic rings. The average Bonchev–Trinajstić information content (AvgIpc) is 2.42. The Morgan fingerprint density at radius 3 is 2.70 bits per heavy atom. The van der Waals surface area contributed by atoms with Gasteiger partial charge >= 0.3 is 0 Å². The van der Waals surface area contributed by atoms with E-state index in [4.69, 9.17) is 0 Å². The van der Waals surface area contributed by atoms with Gasteiger partial charge in [-0.2, -0.15) is 0 Å². The van der Waals surface area contributed by atoms with Crippen molar-refractivity contribution in [3.63, 3.8) is 0 Å². The van der Waals surface area contributed by atoms with Gasteiger partial charge in [-0.25, -0.2) is 21.9 Å². The highest BCUT2D eigenvalue weighted by atomic mass is 32.2. The van der Waals surface area contributed by atoms with Crippen molar-refractivity contribution in [2.75, 3.05) is 19.6 Å². The van der Waals surface area contributed by atoms with Crippen LogP contribution in [0.1, 0.15) is 12.0 Å². The summed E-state index contributed by atoms with van der Waals surface area (Å²) >= 11 is 0. The third-order valence-electron chi connectivity index (χ3n) is 3.15. The van der Waals surface area contributed by atoms with Crippen molar-refractivity contribution in [1.29, 1.82) is 0 Å². The summed E-state index contributed by atoms with van der Waals surface area (Å²) in [6.07, 6.45) is 2.64. The highest BCUT2D eigenvalue weighted by Gasteiger charge is 2.21. The summed E-state index contributed by atoms with van der Waals surface area (Å²) in [7, 11) is -3.98. The summed E-state index contributed by atoms with van der Waals surface area (Å²) in [6.45, 7) is 3.02. The van der Waals surface area contributed by atoms with Gasteiger partial charge in [0.25, 0.3) is 0 Å². The van der Waals surface area contributed by atoms with Crippen molar-refractivity contribution < 1.29 is 17.2 Å². The summed E-state index contributed by atoms with van der Waals surface area (Å²) in [4.78, 5) is -0.522. The maximum Gasteiger partial charge on any atom is 0.243 e. The molecule has 0 fully saturated rings. The molecule has 0 atom stereocenters. The van der Waals surface area contributed by atoms with E-state index in [9.17, 15) is 17.2 Å². The van der Waals surface area contributed by atoms with E-state index in [0.717, 1.165) is 24.6 Å². The number of halogens is 2. The van der Waals surface area contributed by atoms with E-state index in [1.807, 2.05) is 6.08 Å². The molecule has 0 bridgehead atoms. The van der Waals surface area contributed by atoms with E-state index in [-0.39, 0.29) is 12.1 Å². The zero-order valence-electron chi connectivity index (χ0n) is 11.0. The molecule has 0 spiro atoms. The van der Waals surface area contributed by atoms with Crippen LogP contribution in [-0.2, 0) is 10.0 Å². The molecular weight excluding hydrogens is 286 g/mol. The molecule has 1 aromatic carbocycles. The number of benzene rings is 1. The third kappa shape index (κ3) is 3.41. The first-order valence-corrected chi connectivity index (χ1v) is 7.72. The molecule has 7 heteroatoms. The van der Waals surface area contributed by atoms with Gasteiger partial charge in [0.1, 0.15) is 16.5 Å². The Morgan fingerprint density at radius 2 is 2.05 bits per heavy atom. The van der Waals surface area contributed by atoms with Crippen LogP contribution in [0.4, 0.5) is 8.78 Å². The largest absolute Gasteiger partial charge is 0.313 e. The van der Waals surface area contributed by atoms with Gasteiger partial charge in [0.2, 0.25) is 10.0 Å². The molecule has 1 aliphatic heterocycles. The van der Waals surface area contributed by atoms with Crippen LogP contribution in [0.5, 0.6) is 0 Å². The Bertz CT molecular complexity index is 642. The quantitative estimate of drug-likeness (QED) is 0.828. The van der Waals surface area contributed by atoms with Crippen molar-refractivity contribution in [2.24, 2.45) is 0 Å². The fraction of sp³-hybridized carbons (Fsp3) is 0.385. The highest BCUT2D eigenvalue weighted by Crippen LogP contribution is 2.19. The minimum absolute atomic E-state index is 0.0906. The summed E-state index contributed by atoms with van der Waals surface area (Å²) in [5.41, 5.74) is 1.04. The molecule has 0 saturated heterocycles. The van der Waals surface area contributed by atoms with Crippen LogP contribution in [-0.4, -0.2) is 28.1 Å². The van der Waals surface area contributed by atoms with E-state index in [1.165, 1.54) is 6.92 Å². The Morgan fingerprint density at radius 1 is 1.30 bits per heavy atom. The third-order valence-corrected chi connectivity index (χ3v) is 4.57. The number of nitrogens with one attached hydrogen (secondary N) is 2. The molecule has 4 nitrogen and oxygen atoms in total. The van der Waals surface area contributed by atoms with E-state index >= 15 is 0 Å². The van der Waals surface area contributed by atoms with Crippen LogP contribution >= 0.6 is 0 Å². The fourth-order valence-electron chi connectivity index (χ4n) is 1.93. The second-order valence-electron chi connectivity index (χ2n) is 4.67. The van der Waals surface area contributed by atoms with Crippen LogP contribution < -0.4 is 10.0 Å². The number of hydrogen-bond acceptors (Lipinski definition) is 3. The second-order valence-corrected chi connectivity index (χ2v) is 6.41. The van der Waals surface area contributed by atoms with Gasteiger partial charge in [-0.1, -0.05) is 11.6 Å². The number of rotatable bonds is 4. The lowest BCUT2D eigenvalue weighted by Gasteiger charge is -2.15. The van der Waals surface area contributed by atoms with Gasteiger partial charge in [0, 0.05) is 19.2 Å². The zero-order valence-corrected chi connectivity index (χ0v) is 11.9. The summed E-state index contributed by atoms with van der Waals surface area (Å²) < 4.78 is 53.2. The first kappa shape index (κ1) is 15.1. The topological polar surface area (TPSA) is 58.2 Å². The first-order chi connectivity index (χ1) is 9.40. The molecule has 0 radical (unpaired) electrons. The second kappa shape index (κ2) is 5.99. The first-order valence-electron chi connectivity index (χ1n) is 6.24. The summed E-state index contributed by atoms with van der Waals surface area (Å²) in [6, 6.07) is 1.59. The molecule has 2 N–H and O–H groups in total. The molecule has 0 aliphatic carbocycles. The average molecular weight is 302 g/mol. The van der Waals surface area contributed by atoms with Gasteiger partial charge in [0.05, 0.1) is 0 Å². The van der Waals surface area contributed by atoms with E-state index in [0.29, 0.717) is 12.6 Å². The number of sulfonamides is 1. The van der Waals surface area contributed by atoms with Gasteiger partial charge < -0.3 is 5.32 Å². The fourth-order valence-corrected chi connectivity index (χ4v) is 3.11. The molecule has 0 amide bonds. The summed E-state index contributed by atoms with van der Waals surface area (Å²) in [5, 5.41) is 3.11. The lowest BCUT2D eigenvalue weighted by molar-refractivity contribution is 0.540. The lowest BCUT2D eigenvalue weighted by atomic mass is 10.1. The molecular formula is C13H16F2N2O2S. The molecule has 2 rings (SSSR count). The van der Waals surface area contributed by atoms with Crippen LogP contribution in [0.25, 0.3) is 0 Å². The number of hydrogen-bond donors (Lipinski definition) is 2. The standard InChI is InChI=1S/C13H16F2N2O2S/c1-9-6-13(12(15)7-11(9)14)20(18,19)17-8-10-2-4-16-5-3-10/h2,6-7,16-17H,3-5,8H2,1H3. The highest BCUT2D eigenvalue weighted by molar-refractivity contribution is 7.89. The lowest BCUT2D eigenvalue weighted by Crippen LogP contribution is -2.30. The predicted molar refractivity (Wildman–Crippen MR) is 71.9 cm³/mol. The molecule has 20 heavy (non-hydrogen) atoms. The van der Waals surface area contributed by atoms with E-state index < -0.39 is 26.6 Å². The Labute approximate surface area is 116 Å². The van der Waals surface area contributed by atoms with Gasteiger partial charge in [0.15, 0.2) is 0 Å². The SMILES string of the molecule is Cc1cc(S(=O)(=O)NCC2=CCNCC2)c(F)cc1F. The Balaban J connectivity index is 2.18. The molecule has 110 valence electrons. The van der Waals surface area contributed by atoms with Gasteiger partial charge in [-0.15, -0.1) is 0 Å². The van der Waals surface area contributed by atoms with E-state index in [1.54, 1.807) is 0 Å². The van der Waals surface area contributed by atoms with Crippen molar-refractivity contribution >= 4 is 10.0 Å². The maximum absolute atomic E-state index is 13.6. The van der Waals surface area contributed by atoms with Crippen LogP contribution in [0.15, 0.2) is 28.7 Å². The minimum atomic E-state index is -3.98. The normalized spacial score (nSPS) is 16.1. The van der Waals surface area contributed by atoms with Gasteiger partial charge in [-0.05, 0) is 31.5 Å². The maximum atomic E-state index is 13.6. The zero-order chi connectivity index (χ0) is 14.8. The number of aryl methyl sites for hydroxylation is 1. The van der Waals surface area contributed by atoms with Crippen molar-refractivity contribution in [1.82, 2.24) is 10.0 Å². The van der Waals surface area contributed by atoms with Gasteiger partial charge in [-0.3, -0.25) is 0 Å². The molecule has 0 saturated carbocycles. The Hall–Kier alpha value is -1.31. The van der Waals surface area contributed by atoms with Crippen molar-refractivity contribution in [3.8, 4) is 0 Å². The predicted octanol–water partition coefficient (Wildman–Crippen LogP) is 1.47. The molecule has 0 aromatic heterocycles. The van der Waals surface area contributed by atoms with Crippen molar-refractivity contribution in [2.45, 2.75) is 18.2 Å². The smallest absolute Gasteiger partial charge is 0.243 e. The van der Waals surface area contributed by atoms with Crippen molar-refractivity contribution in [3.05, 3.63) is 41.0 Å². The van der Waals surface area contributed by atoms with Crippen LogP contribution in [0.2, 0.25) is 0 Å². The van der Waals surface area contributed by atoms with E-state index in [2.05, 4.69) is 10.0 Å². The molecule has 0 unspecified atom stereocenters.